The van der Waals surface area contributed by atoms with Crippen molar-refractivity contribution in [2.24, 2.45) is 20.0 Å². The van der Waals surface area contributed by atoms with Gasteiger partial charge < -0.3 is 10.7 Å². The van der Waals surface area contributed by atoms with Crippen molar-refractivity contribution >= 4 is 16.7 Å². The molecule has 3 rings (SSSR count). The second-order valence-electron chi connectivity index (χ2n) is 6.37. The second kappa shape index (κ2) is 6.12. The first-order valence-corrected chi connectivity index (χ1v) is 8.12. The maximum absolute atomic E-state index is 12.9. The van der Waals surface area contributed by atoms with E-state index in [1.807, 2.05) is 37.4 Å². The molecule has 25 heavy (non-hydrogen) atoms. The summed E-state index contributed by atoms with van der Waals surface area (Å²) in [4.78, 5) is 28.3. The summed E-state index contributed by atoms with van der Waals surface area (Å²) >= 11 is 0. The van der Waals surface area contributed by atoms with Gasteiger partial charge in [0, 0.05) is 37.1 Å². The Balaban J connectivity index is 2.39. The number of allylic oxidation sites excluding steroid dienone is 1. The van der Waals surface area contributed by atoms with Crippen molar-refractivity contribution in [2.45, 2.75) is 12.8 Å². The van der Waals surface area contributed by atoms with Crippen molar-refractivity contribution in [1.82, 2.24) is 14.1 Å². The highest BCUT2D eigenvalue weighted by molar-refractivity contribution is 5.84. The van der Waals surface area contributed by atoms with Crippen LogP contribution >= 0.6 is 0 Å². The number of nitrogens with zero attached hydrogens (tertiary/aromatic N) is 2. The molecule has 0 saturated carbocycles. The topological polar surface area (TPSA) is 85.8 Å². The number of nitrogens with two attached hydrogens (primary N) is 1. The van der Waals surface area contributed by atoms with Gasteiger partial charge in [-0.15, -0.1) is 6.58 Å². The summed E-state index contributed by atoms with van der Waals surface area (Å²) in [5, 5.41) is 1.02. The number of nitrogen functional groups attached to an aromatic ring is 1. The molecule has 0 amide bonds. The van der Waals surface area contributed by atoms with Crippen LogP contribution in [0.2, 0.25) is 0 Å². The van der Waals surface area contributed by atoms with Crippen LogP contribution in [0.25, 0.3) is 10.9 Å². The molecule has 0 radical (unpaired) electrons. The Morgan fingerprint density at radius 2 is 1.88 bits per heavy atom. The van der Waals surface area contributed by atoms with E-state index in [1.54, 1.807) is 13.1 Å². The van der Waals surface area contributed by atoms with Crippen LogP contribution in [0.5, 0.6) is 0 Å². The fourth-order valence-corrected chi connectivity index (χ4v) is 3.37. The van der Waals surface area contributed by atoms with Crippen molar-refractivity contribution in [3.8, 4) is 0 Å². The average Bonchev–Trinajstić information content (AvgIpc) is 3.05. The predicted octanol–water partition coefficient (Wildman–Crippen LogP) is 2.10. The summed E-state index contributed by atoms with van der Waals surface area (Å²) in [6, 6.07) is 7.90. The molecule has 6 nitrogen and oxygen atoms in total. The number of H-pyrrole nitrogens is 1. The highest BCUT2D eigenvalue weighted by Crippen LogP contribution is 2.37. The fraction of sp³-hybridized carbons (Fsp3) is 0.263. The zero-order chi connectivity index (χ0) is 18.3. The van der Waals surface area contributed by atoms with Crippen molar-refractivity contribution < 1.29 is 0 Å². The van der Waals surface area contributed by atoms with Crippen LogP contribution in [0.1, 0.15) is 24.0 Å². The van der Waals surface area contributed by atoms with Crippen LogP contribution in [0.15, 0.2) is 52.7 Å². The van der Waals surface area contributed by atoms with E-state index >= 15 is 0 Å². The summed E-state index contributed by atoms with van der Waals surface area (Å²) in [5.74, 6) is -0.164. The minimum Gasteiger partial charge on any atom is -0.385 e. The van der Waals surface area contributed by atoms with Gasteiger partial charge >= 0.3 is 5.69 Å². The zero-order valence-corrected chi connectivity index (χ0v) is 14.6. The van der Waals surface area contributed by atoms with Crippen LogP contribution in [0, 0.1) is 5.92 Å². The van der Waals surface area contributed by atoms with Gasteiger partial charge in [0.1, 0.15) is 5.82 Å². The molecule has 130 valence electrons. The lowest BCUT2D eigenvalue weighted by Gasteiger charge is -2.24. The van der Waals surface area contributed by atoms with Crippen LogP contribution in [0.3, 0.4) is 0 Å². The number of anilines is 1. The Hall–Kier alpha value is -3.02. The molecule has 0 spiro atoms. The molecular formula is C19H22N4O2. The molecule has 0 aliphatic carbocycles. The maximum atomic E-state index is 12.9. The molecule has 3 aromatic rings. The molecule has 6 heteroatoms. The van der Waals surface area contributed by atoms with Crippen molar-refractivity contribution in [3.63, 3.8) is 0 Å². The van der Waals surface area contributed by atoms with Gasteiger partial charge in [-0.05, 0) is 17.5 Å². The second-order valence-corrected chi connectivity index (χ2v) is 6.37. The minimum atomic E-state index is -0.435. The van der Waals surface area contributed by atoms with Crippen LogP contribution in [-0.2, 0) is 14.1 Å². The molecule has 0 aliphatic rings. The normalized spacial score (nSPS) is 13.7. The van der Waals surface area contributed by atoms with E-state index in [0.717, 1.165) is 21.0 Å². The van der Waals surface area contributed by atoms with E-state index < -0.39 is 5.69 Å². The Morgan fingerprint density at radius 1 is 1.20 bits per heavy atom. The number of rotatable bonds is 4. The maximum Gasteiger partial charge on any atom is 0.332 e. The fourth-order valence-electron chi connectivity index (χ4n) is 3.37. The lowest BCUT2D eigenvalue weighted by atomic mass is 9.82. The highest BCUT2D eigenvalue weighted by atomic mass is 16.2. The number of hydrogen-bond acceptors (Lipinski definition) is 3. The molecule has 2 atom stereocenters. The highest BCUT2D eigenvalue weighted by Gasteiger charge is 2.29. The number of para-hydroxylation sites is 1. The monoisotopic (exact) mass is 338 g/mol. The van der Waals surface area contributed by atoms with Crippen molar-refractivity contribution in [3.05, 3.63) is 75.1 Å². The first-order valence-electron chi connectivity index (χ1n) is 8.12. The summed E-state index contributed by atoms with van der Waals surface area (Å²) in [6.07, 6.45) is 3.70. The summed E-state index contributed by atoms with van der Waals surface area (Å²) < 4.78 is 2.41. The number of benzene rings is 1. The largest absolute Gasteiger partial charge is 0.385 e. The van der Waals surface area contributed by atoms with E-state index in [-0.39, 0.29) is 23.2 Å². The van der Waals surface area contributed by atoms with Gasteiger partial charge in [0.2, 0.25) is 0 Å². The molecule has 2 heterocycles. The molecule has 2 unspecified atom stereocenters. The first-order chi connectivity index (χ1) is 11.9. The summed E-state index contributed by atoms with van der Waals surface area (Å²) in [5.41, 5.74) is 7.76. The van der Waals surface area contributed by atoms with E-state index in [4.69, 9.17) is 5.73 Å². The molecule has 1 aromatic carbocycles. The molecule has 0 saturated heterocycles. The van der Waals surface area contributed by atoms with Crippen molar-refractivity contribution in [2.75, 3.05) is 5.73 Å². The SMILES string of the molecule is C=CC(C)C(c1c(N)n(C)c(=O)n(C)c1=O)c1c[nH]c2ccccc12. The van der Waals surface area contributed by atoms with Crippen LogP contribution < -0.4 is 17.0 Å². The van der Waals surface area contributed by atoms with Gasteiger partial charge in [0.15, 0.2) is 0 Å². The molecule has 0 aliphatic heterocycles. The van der Waals surface area contributed by atoms with Gasteiger partial charge in [-0.2, -0.15) is 0 Å². The van der Waals surface area contributed by atoms with Gasteiger partial charge in [-0.25, -0.2) is 4.79 Å². The lowest BCUT2D eigenvalue weighted by molar-refractivity contribution is 0.593. The third-order valence-electron chi connectivity index (χ3n) is 4.91. The molecule has 0 bridgehead atoms. The molecule has 3 N–H and O–H groups in total. The number of nitrogens with one attached hydrogen (secondary N) is 1. The Labute approximate surface area is 145 Å². The Bertz CT molecular complexity index is 1070. The lowest BCUT2D eigenvalue weighted by Crippen LogP contribution is -2.41. The Morgan fingerprint density at radius 3 is 2.56 bits per heavy atom. The zero-order valence-electron chi connectivity index (χ0n) is 14.6. The van der Waals surface area contributed by atoms with Gasteiger partial charge in [-0.1, -0.05) is 31.2 Å². The van der Waals surface area contributed by atoms with E-state index in [2.05, 4.69) is 11.6 Å². The van der Waals surface area contributed by atoms with Crippen LogP contribution in [-0.4, -0.2) is 14.1 Å². The standard InChI is InChI=1S/C19H22N4O2/c1-5-11(2)15(13-10-21-14-9-7-6-8-12(13)14)16-17(20)22(3)19(25)23(4)18(16)24/h5-11,15,21H,1,20H2,2-4H3. The number of hydrogen-bond donors (Lipinski definition) is 2. The number of fused-ring (bicyclic) bond motifs is 1. The minimum absolute atomic E-state index is 0.0493. The number of aromatic amines is 1. The van der Waals surface area contributed by atoms with Gasteiger partial charge in [0.25, 0.3) is 5.56 Å². The number of aromatic nitrogens is 3. The smallest absolute Gasteiger partial charge is 0.332 e. The summed E-state index contributed by atoms with van der Waals surface area (Å²) in [7, 11) is 3.05. The Kier molecular flexibility index (Phi) is 4.12. The van der Waals surface area contributed by atoms with Gasteiger partial charge in [0.05, 0.1) is 5.56 Å². The van der Waals surface area contributed by atoms with E-state index in [0.29, 0.717) is 5.56 Å². The molecule has 0 fully saturated rings. The quantitative estimate of drug-likeness (QED) is 0.714. The molecule has 2 aromatic heterocycles. The third-order valence-corrected chi connectivity index (χ3v) is 4.91. The summed E-state index contributed by atoms with van der Waals surface area (Å²) in [6.45, 7) is 5.88. The van der Waals surface area contributed by atoms with E-state index in [9.17, 15) is 9.59 Å². The average molecular weight is 338 g/mol. The van der Waals surface area contributed by atoms with Crippen molar-refractivity contribution in [1.29, 1.82) is 0 Å². The van der Waals surface area contributed by atoms with Crippen LogP contribution in [0.4, 0.5) is 5.82 Å². The predicted molar refractivity (Wildman–Crippen MR) is 101 cm³/mol. The first kappa shape index (κ1) is 16.8. The van der Waals surface area contributed by atoms with Gasteiger partial charge in [-0.3, -0.25) is 13.9 Å². The third kappa shape index (κ3) is 2.50. The van der Waals surface area contributed by atoms with E-state index in [1.165, 1.54) is 11.6 Å². The molecular weight excluding hydrogens is 316 g/mol.